The number of rotatable bonds is 7. The number of ether oxygens (including phenoxy) is 1. The molecule has 0 aliphatic heterocycles. The molecule has 3 aromatic rings. The number of hydrogen-bond donors (Lipinski definition) is 3. The fourth-order valence-corrected chi connectivity index (χ4v) is 4.14. The second-order valence-corrected chi connectivity index (χ2v) is 7.42. The van der Waals surface area contributed by atoms with Gasteiger partial charge >= 0.3 is 6.03 Å². The minimum Gasteiger partial charge on any atom is -0.494 e. The summed E-state index contributed by atoms with van der Waals surface area (Å²) in [6, 6.07) is 8.18. The highest BCUT2D eigenvalue weighted by molar-refractivity contribution is 7.22. The number of nitrogens with two attached hydrogens (primary N) is 1. The number of fused-ring (bicyclic) bond motifs is 1. The smallest absolute Gasteiger partial charge is 0.312 e. The number of carbonyl (C=O) groups excluding carboxylic acids is 2. The van der Waals surface area contributed by atoms with Crippen LogP contribution in [0.2, 0.25) is 0 Å². The van der Waals surface area contributed by atoms with Gasteiger partial charge in [-0.15, -0.1) is 11.3 Å². The molecule has 2 aromatic heterocycles. The Hall–Kier alpha value is -2.65. The van der Waals surface area contributed by atoms with Crippen molar-refractivity contribution in [1.29, 1.82) is 0 Å². The van der Waals surface area contributed by atoms with Gasteiger partial charge in [0.1, 0.15) is 5.75 Å². The fourth-order valence-electron chi connectivity index (χ4n) is 2.45. The highest BCUT2D eigenvalue weighted by Gasteiger charge is 2.19. The molecule has 136 valence electrons. The Labute approximate surface area is 158 Å². The van der Waals surface area contributed by atoms with Gasteiger partial charge in [0.05, 0.1) is 29.3 Å². The normalized spacial score (nSPS) is 11.9. The van der Waals surface area contributed by atoms with E-state index in [1.165, 1.54) is 22.7 Å². The number of urea groups is 1. The maximum atomic E-state index is 12.4. The first-order chi connectivity index (χ1) is 12.5. The van der Waals surface area contributed by atoms with E-state index in [1.54, 1.807) is 0 Å². The van der Waals surface area contributed by atoms with Crippen LogP contribution in [0.15, 0.2) is 35.7 Å². The molecule has 0 bridgehead atoms. The van der Waals surface area contributed by atoms with Gasteiger partial charge in [-0.2, -0.15) is 0 Å². The van der Waals surface area contributed by atoms with E-state index in [4.69, 9.17) is 10.5 Å². The lowest BCUT2D eigenvalue weighted by molar-refractivity contribution is -0.116. The van der Waals surface area contributed by atoms with Gasteiger partial charge in [0.2, 0.25) is 5.91 Å². The largest absolute Gasteiger partial charge is 0.494 e. The van der Waals surface area contributed by atoms with Gasteiger partial charge in [-0.1, -0.05) is 17.4 Å². The number of hydrogen-bond acceptors (Lipinski definition) is 6. The number of nitrogens with zero attached hydrogens (tertiary/aromatic N) is 1. The lowest BCUT2D eigenvalue weighted by atomic mass is 10.1. The van der Waals surface area contributed by atoms with Crippen LogP contribution in [0.25, 0.3) is 10.2 Å². The van der Waals surface area contributed by atoms with Gasteiger partial charge in [0.25, 0.3) is 0 Å². The van der Waals surface area contributed by atoms with Crippen LogP contribution in [-0.2, 0) is 4.79 Å². The average Bonchev–Trinajstić information content (AvgIpc) is 3.22. The molecular formula is C17H18N4O3S2. The van der Waals surface area contributed by atoms with E-state index in [1.807, 2.05) is 42.6 Å². The second kappa shape index (κ2) is 8.15. The van der Waals surface area contributed by atoms with E-state index < -0.39 is 12.1 Å². The number of primary amides is 1. The molecule has 0 saturated carbocycles. The van der Waals surface area contributed by atoms with E-state index in [2.05, 4.69) is 15.6 Å². The molecule has 26 heavy (non-hydrogen) atoms. The predicted molar refractivity (Wildman–Crippen MR) is 104 cm³/mol. The molecule has 0 saturated heterocycles. The summed E-state index contributed by atoms with van der Waals surface area (Å²) in [5, 5.41) is 7.77. The second-order valence-electron chi connectivity index (χ2n) is 5.41. The summed E-state index contributed by atoms with van der Waals surface area (Å²) < 4.78 is 6.40. The van der Waals surface area contributed by atoms with Crippen molar-refractivity contribution in [2.75, 3.05) is 11.9 Å². The number of carbonyl (C=O) groups is 2. The molecule has 3 amide bonds. The average molecular weight is 390 g/mol. The Bertz CT molecular complexity index is 908. The molecule has 0 fully saturated rings. The molecule has 3 rings (SSSR count). The van der Waals surface area contributed by atoms with Crippen LogP contribution in [0.3, 0.4) is 0 Å². The maximum absolute atomic E-state index is 12.4. The standard InChI is InChI=1S/C17H18N4O3S2/c1-2-24-10-5-6-11-14(8-10)26-17(20-11)21-15(22)9-12(19-16(18)23)13-4-3-7-25-13/h3-8,12H,2,9H2,1H3,(H3,18,19,23)(H,20,21,22). The van der Waals surface area contributed by atoms with Gasteiger partial charge in [0.15, 0.2) is 5.13 Å². The van der Waals surface area contributed by atoms with Gasteiger partial charge in [-0.25, -0.2) is 9.78 Å². The van der Waals surface area contributed by atoms with Crippen molar-refractivity contribution >= 4 is 50.0 Å². The Morgan fingerprint density at radius 3 is 2.88 bits per heavy atom. The first-order valence-electron chi connectivity index (χ1n) is 7.97. The zero-order valence-corrected chi connectivity index (χ0v) is 15.7. The zero-order valence-electron chi connectivity index (χ0n) is 14.0. The molecule has 1 atom stereocenters. The van der Waals surface area contributed by atoms with Crippen molar-refractivity contribution < 1.29 is 14.3 Å². The van der Waals surface area contributed by atoms with E-state index in [0.29, 0.717) is 11.7 Å². The van der Waals surface area contributed by atoms with Gasteiger partial charge in [-0.05, 0) is 36.6 Å². The number of nitrogens with one attached hydrogen (secondary N) is 2. The maximum Gasteiger partial charge on any atom is 0.312 e. The number of amides is 3. The van der Waals surface area contributed by atoms with Crippen molar-refractivity contribution in [2.24, 2.45) is 5.73 Å². The quantitative estimate of drug-likeness (QED) is 0.574. The van der Waals surface area contributed by atoms with Crippen molar-refractivity contribution in [3.63, 3.8) is 0 Å². The molecule has 0 aliphatic carbocycles. The molecule has 4 N–H and O–H groups in total. The summed E-state index contributed by atoms with van der Waals surface area (Å²) >= 11 is 2.83. The topological polar surface area (TPSA) is 106 Å². The van der Waals surface area contributed by atoms with E-state index in [9.17, 15) is 9.59 Å². The van der Waals surface area contributed by atoms with Crippen LogP contribution in [0.5, 0.6) is 5.75 Å². The summed E-state index contributed by atoms with van der Waals surface area (Å²) in [7, 11) is 0. The minimum absolute atomic E-state index is 0.0730. The van der Waals surface area contributed by atoms with E-state index in [-0.39, 0.29) is 12.3 Å². The van der Waals surface area contributed by atoms with Crippen molar-refractivity contribution in [3.8, 4) is 5.75 Å². The third-order valence-electron chi connectivity index (χ3n) is 3.51. The van der Waals surface area contributed by atoms with Crippen LogP contribution in [0.4, 0.5) is 9.93 Å². The Kier molecular flexibility index (Phi) is 5.69. The summed E-state index contributed by atoms with van der Waals surface area (Å²) in [5.41, 5.74) is 6.01. The Morgan fingerprint density at radius 2 is 2.19 bits per heavy atom. The van der Waals surface area contributed by atoms with E-state index >= 15 is 0 Å². The Balaban J connectivity index is 1.70. The first kappa shape index (κ1) is 18.2. The highest BCUT2D eigenvalue weighted by atomic mass is 32.1. The monoisotopic (exact) mass is 390 g/mol. The SMILES string of the molecule is CCOc1ccc2nc(NC(=O)CC(NC(N)=O)c3cccs3)sc2c1. The van der Waals surface area contributed by atoms with Gasteiger partial charge < -0.3 is 21.1 Å². The summed E-state index contributed by atoms with van der Waals surface area (Å²) in [6.45, 7) is 2.51. The molecule has 0 aliphatic rings. The number of aromatic nitrogens is 1. The van der Waals surface area contributed by atoms with Crippen LogP contribution in [-0.4, -0.2) is 23.5 Å². The number of thiazole rings is 1. The van der Waals surface area contributed by atoms with Crippen LogP contribution in [0.1, 0.15) is 24.3 Å². The van der Waals surface area contributed by atoms with Gasteiger partial charge in [0, 0.05) is 4.88 Å². The molecule has 0 radical (unpaired) electrons. The molecule has 1 unspecified atom stereocenters. The molecular weight excluding hydrogens is 372 g/mol. The summed E-state index contributed by atoms with van der Waals surface area (Å²) in [5.74, 6) is 0.520. The van der Waals surface area contributed by atoms with Crippen LogP contribution >= 0.6 is 22.7 Å². The van der Waals surface area contributed by atoms with Crippen molar-refractivity contribution in [3.05, 3.63) is 40.6 Å². The lowest BCUT2D eigenvalue weighted by Gasteiger charge is -2.15. The Morgan fingerprint density at radius 1 is 1.35 bits per heavy atom. The lowest BCUT2D eigenvalue weighted by Crippen LogP contribution is -2.34. The first-order valence-corrected chi connectivity index (χ1v) is 9.67. The third-order valence-corrected chi connectivity index (χ3v) is 5.43. The zero-order chi connectivity index (χ0) is 18.5. The van der Waals surface area contributed by atoms with Gasteiger partial charge in [-0.3, -0.25) is 4.79 Å². The number of benzene rings is 1. The molecule has 0 spiro atoms. The molecule has 2 heterocycles. The summed E-state index contributed by atoms with van der Waals surface area (Å²) in [6.07, 6.45) is 0.0730. The number of anilines is 1. The van der Waals surface area contributed by atoms with E-state index in [0.717, 1.165) is 20.8 Å². The minimum atomic E-state index is -0.667. The highest BCUT2D eigenvalue weighted by Crippen LogP contribution is 2.30. The third kappa shape index (κ3) is 4.50. The summed E-state index contributed by atoms with van der Waals surface area (Å²) in [4.78, 5) is 28.9. The van der Waals surface area contributed by atoms with Crippen molar-refractivity contribution in [1.82, 2.24) is 10.3 Å². The molecule has 7 nitrogen and oxygen atoms in total. The van der Waals surface area contributed by atoms with Crippen LogP contribution in [0, 0.1) is 0 Å². The van der Waals surface area contributed by atoms with Crippen molar-refractivity contribution in [2.45, 2.75) is 19.4 Å². The molecule has 1 aromatic carbocycles. The van der Waals surface area contributed by atoms with Crippen LogP contribution < -0.4 is 21.1 Å². The predicted octanol–water partition coefficient (Wildman–Crippen LogP) is 3.49. The number of thiophene rings is 1. The molecule has 9 heteroatoms. The fraction of sp³-hybridized carbons (Fsp3) is 0.235.